The molecule has 0 spiro atoms. The second-order valence-corrected chi connectivity index (χ2v) is 5.45. The van der Waals surface area contributed by atoms with Crippen molar-refractivity contribution < 1.29 is 9.47 Å². The van der Waals surface area contributed by atoms with Crippen LogP contribution in [0.1, 0.15) is 37.8 Å². The quantitative estimate of drug-likeness (QED) is 0.795. The first-order valence-electron chi connectivity index (χ1n) is 7.31. The normalized spacial score (nSPS) is 10.7. The van der Waals surface area contributed by atoms with Crippen LogP contribution in [0.25, 0.3) is 0 Å². The second-order valence-electron chi connectivity index (χ2n) is 5.45. The smallest absolute Gasteiger partial charge is 0.133 e. The lowest BCUT2D eigenvalue weighted by atomic mass is 9.98. The van der Waals surface area contributed by atoms with Gasteiger partial charge in [-0.05, 0) is 43.0 Å². The predicted molar refractivity (Wildman–Crippen MR) is 87.4 cm³/mol. The van der Waals surface area contributed by atoms with Crippen molar-refractivity contribution in [3.63, 3.8) is 0 Å². The molecule has 0 fully saturated rings. The molecule has 0 aliphatic heterocycles. The molecule has 21 heavy (non-hydrogen) atoms. The van der Waals surface area contributed by atoms with E-state index in [2.05, 4.69) is 32.9 Å². The molecule has 0 bridgehead atoms. The van der Waals surface area contributed by atoms with Gasteiger partial charge in [0, 0.05) is 23.9 Å². The Bertz CT molecular complexity index is 621. The van der Waals surface area contributed by atoms with Crippen LogP contribution in [0.15, 0.2) is 36.4 Å². The number of rotatable bonds is 5. The molecule has 0 aliphatic rings. The number of nitrogens with two attached hydrogens (primary N) is 1. The molecule has 0 saturated heterocycles. The van der Waals surface area contributed by atoms with Crippen molar-refractivity contribution in [3.8, 4) is 17.2 Å². The molecular weight excluding hydrogens is 262 g/mol. The van der Waals surface area contributed by atoms with Crippen molar-refractivity contribution in [2.75, 3.05) is 12.3 Å². The van der Waals surface area contributed by atoms with E-state index in [1.165, 1.54) is 11.1 Å². The van der Waals surface area contributed by atoms with Crippen LogP contribution in [0.4, 0.5) is 5.69 Å². The third-order valence-corrected chi connectivity index (χ3v) is 3.31. The van der Waals surface area contributed by atoms with E-state index >= 15 is 0 Å². The number of hydrogen-bond acceptors (Lipinski definition) is 3. The molecule has 0 amide bonds. The third kappa shape index (κ3) is 3.91. The Labute approximate surface area is 126 Å². The van der Waals surface area contributed by atoms with E-state index in [0.717, 1.165) is 11.5 Å². The highest BCUT2D eigenvalue weighted by atomic mass is 16.5. The minimum absolute atomic E-state index is 0.510. The lowest BCUT2D eigenvalue weighted by molar-refractivity contribution is 0.338. The molecular formula is C18H23NO2. The predicted octanol–water partition coefficient (Wildman–Crippen LogP) is 4.89. The summed E-state index contributed by atoms with van der Waals surface area (Å²) in [5.74, 6) is 2.74. The lowest BCUT2D eigenvalue weighted by Crippen LogP contribution is -1.96. The summed E-state index contributed by atoms with van der Waals surface area (Å²) < 4.78 is 11.4. The van der Waals surface area contributed by atoms with Gasteiger partial charge in [0.05, 0.1) is 6.61 Å². The Morgan fingerprint density at radius 1 is 1.00 bits per heavy atom. The molecule has 2 aromatic carbocycles. The van der Waals surface area contributed by atoms with Crippen LogP contribution in [0.5, 0.6) is 17.2 Å². The molecule has 2 rings (SSSR count). The zero-order chi connectivity index (χ0) is 15.4. The Morgan fingerprint density at radius 3 is 2.33 bits per heavy atom. The second kappa shape index (κ2) is 6.53. The van der Waals surface area contributed by atoms with E-state index in [0.29, 0.717) is 24.0 Å². The summed E-state index contributed by atoms with van der Waals surface area (Å²) >= 11 is 0. The number of nitrogen functional groups attached to an aromatic ring is 1. The molecule has 0 unspecified atom stereocenters. The topological polar surface area (TPSA) is 44.5 Å². The Hall–Kier alpha value is -2.16. The molecule has 0 aliphatic carbocycles. The van der Waals surface area contributed by atoms with Crippen molar-refractivity contribution in [2.24, 2.45) is 0 Å². The fourth-order valence-electron chi connectivity index (χ4n) is 2.40. The van der Waals surface area contributed by atoms with Crippen LogP contribution < -0.4 is 15.2 Å². The zero-order valence-corrected chi connectivity index (χ0v) is 13.1. The van der Waals surface area contributed by atoms with Crippen molar-refractivity contribution in [2.45, 2.75) is 33.6 Å². The van der Waals surface area contributed by atoms with Gasteiger partial charge in [0.15, 0.2) is 0 Å². The fourth-order valence-corrected chi connectivity index (χ4v) is 2.40. The molecule has 0 radical (unpaired) electrons. The SMILES string of the molecule is CCOc1cc(N)cc(Oc2ccc(C(C)C)c(C)c2)c1. The molecule has 3 heteroatoms. The molecule has 0 atom stereocenters. The van der Waals surface area contributed by atoms with Crippen LogP contribution in [-0.4, -0.2) is 6.61 Å². The van der Waals surface area contributed by atoms with Crippen LogP contribution in [0.3, 0.4) is 0 Å². The maximum atomic E-state index is 5.90. The number of anilines is 1. The minimum atomic E-state index is 0.510. The van der Waals surface area contributed by atoms with E-state index in [1.54, 1.807) is 12.1 Å². The summed E-state index contributed by atoms with van der Waals surface area (Å²) in [5.41, 5.74) is 9.08. The first kappa shape index (κ1) is 15.2. The van der Waals surface area contributed by atoms with Crippen LogP contribution >= 0.6 is 0 Å². The summed E-state index contributed by atoms with van der Waals surface area (Å²) in [6, 6.07) is 11.6. The largest absolute Gasteiger partial charge is 0.494 e. The minimum Gasteiger partial charge on any atom is -0.494 e. The van der Waals surface area contributed by atoms with Crippen molar-refractivity contribution in [3.05, 3.63) is 47.5 Å². The van der Waals surface area contributed by atoms with Gasteiger partial charge in [0.2, 0.25) is 0 Å². The molecule has 2 N–H and O–H groups in total. The lowest BCUT2D eigenvalue weighted by Gasteiger charge is -2.13. The number of benzene rings is 2. The van der Waals surface area contributed by atoms with Gasteiger partial charge in [-0.3, -0.25) is 0 Å². The van der Waals surface area contributed by atoms with Gasteiger partial charge in [0.1, 0.15) is 17.2 Å². The zero-order valence-electron chi connectivity index (χ0n) is 13.1. The summed E-state index contributed by atoms with van der Waals surface area (Å²) in [4.78, 5) is 0. The Kier molecular flexibility index (Phi) is 4.73. The van der Waals surface area contributed by atoms with Crippen LogP contribution in [-0.2, 0) is 0 Å². The molecule has 112 valence electrons. The summed E-state index contributed by atoms with van der Waals surface area (Å²) in [6.07, 6.45) is 0. The maximum absolute atomic E-state index is 5.90. The van der Waals surface area contributed by atoms with Gasteiger partial charge in [-0.1, -0.05) is 19.9 Å². The average Bonchev–Trinajstić information content (AvgIpc) is 2.37. The molecule has 0 heterocycles. The molecule has 0 aromatic heterocycles. The number of ether oxygens (including phenoxy) is 2. The average molecular weight is 285 g/mol. The molecule has 2 aromatic rings. The van der Waals surface area contributed by atoms with Gasteiger partial charge in [-0.25, -0.2) is 0 Å². The van der Waals surface area contributed by atoms with E-state index in [1.807, 2.05) is 19.1 Å². The van der Waals surface area contributed by atoms with Crippen LogP contribution in [0.2, 0.25) is 0 Å². The fraction of sp³-hybridized carbons (Fsp3) is 0.333. The van der Waals surface area contributed by atoms with E-state index in [4.69, 9.17) is 15.2 Å². The first-order chi connectivity index (χ1) is 9.99. The maximum Gasteiger partial charge on any atom is 0.133 e. The van der Waals surface area contributed by atoms with E-state index < -0.39 is 0 Å². The Morgan fingerprint density at radius 2 is 1.71 bits per heavy atom. The molecule has 3 nitrogen and oxygen atoms in total. The van der Waals surface area contributed by atoms with Crippen LogP contribution in [0, 0.1) is 6.92 Å². The molecule has 0 saturated carbocycles. The third-order valence-electron chi connectivity index (χ3n) is 3.31. The number of aryl methyl sites for hydroxylation is 1. The standard InChI is InChI=1S/C18H23NO2/c1-5-20-16-9-14(19)10-17(11-16)21-15-6-7-18(12(2)3)13(4)8-15/h6-12H,5,19H2,1-4H3. The van der Waals surface area contributed by atoms with Gasteiger partial charge >= 0.3 is 0 Å². The van der Waals surface area contributed by atoms with Gasteiger partial charge in [-0.2, -0.15) is 0 Å². The van der Waals surface area contributed by atoms with E-state index in [-0.39, 0.29) is 0 Å². The summed E-state index contributed by atoms with van der Waals surface area (Å²) in [7, 11) is 0. The Balaban J connectivity index is 2.23. The number of hydrogen-bond donors (Lipinski definition) is 1. The van der Waals surface area contributed by atoms with Crippen molar-refractivity contribution >= 4 is 5.69 Å². The highest BCUT2D eigenvalue weighted by Gasteiger charge is 2.07. The highest BCUT2D eigenvalue weighted by Crippen LogP contribution is 2.30. The van der Waals surface area contributed by atoms with Gasteiger partial charge in [0.25, 0.3) is 0 Å². The summed E-state index contributed by atoms with van der Waals surface area (Å²) in [5, 5.41) is 0. The van der Waals surface area contributed by atoms with Gasteiger partial charge < -0.3 is 15.2 Å². The van der Waals surface area contributed by atoms with E-state index in [9.17, 15) is 0 Å². The monoisotopic (exact) mass is 285 g/mol. The van der Waals surface area contributed by atoms with Crippen molar-refractivity contribution in [1.82, 2.24) is 0 Å². The van der Waals surface area contributed by atoms with Crippen molar-refractivity contribution in [1.29, 1.82) is 0 Å². The first-order valence-corrected chi connectivity index (χ1v) is 7.31. The van der Waals surface area contributed by atoms with Gasteiger partial charge in [-0.15, -0.1) is 0 Å². The summed E-state index contributed by atoms with van der Waals surface area (Å²) in [6.45, 7) is 9.03. The highest BCUT2D eigenvalue weighted by molar-refractivity contribution is 5.51.